The first kappa shape index (κ1) is 23.6. The Morgan fingerprint density at radius 1 is 1.12 bits per heavy atom. The fourth-order valence-corrected chi connectivity index (χ4v) is 3.40. The molecule has 0 aromatic heterocycles. The normalized spacial score (nSPS) is 14.8. The number of nitrogens with zero attached hydrogens (tertiary/aromatic N) is 3. The number of non-ortho nitro benzene ring substituents is 1. The lowest BCUT2D eigenvalue weighted by Crippen LogP contribution is -2.39. The van der Waals surface area contributed by atoms with E-state index in [0.717, 1.165) is 38.4 Å². The molecule has 1 saturated heterocycles. The topological polar surface area (TPSA) is 101 Å². The number of rotatable bonds is 10. The molecule has 1 heterocycles. The molecule has 2 N–H and O–H groups in total. The Morgan fingerprint density at radius 3 is 2.53 bits per heavy atom. The van der Waals surface area contributed by atoms with Crippen molar-refractivity contribution in [2.45, 2.75) is 19.6 Å². The summed E-state index contributed by atoms with van der Waals surface area (Å²) in [5.41, 5.74) is 3.48. The molecule has 1 aliphatic rings. The van der Waals surface area contributed by atoms with Crippen LogP contribution in [0.2, 0.25) is 0 Å². The molecule has 0 atom stereocenters. The van der Waals surface area contributed by atoms with Gasteiger partial charge in [-0.2, -0.15) is 0 Å². The SMILES string of the molecule is COCCNC(=NCc1ccc([N+](=O)[O-])cc1)NCc1ccccc1CN1CCOCC1. The van der Waals surface area contributed by atoms with Crippen molar-refractivity contribution in [3.8, 4) is 0 Å². The van der Waals surface area contributed by atoms with Crippen LogP contribution in [0.25, 0.3) is 0 Å². The number of benzene rings is 2. The summed E-state index contributed by atoms with van der Waals surface area (Å²) < 4.78 is 10.6. The summed E-state index contributed by atoms with van der Waals surface area (Å²) >= 11 is 0. The Bertz CT molecular complexity index is 882. The number of nitro groups is 1. The molecule has 0 bridgehead atoms. The van der Waals surface area contributed by atoms with Gasteiger partial charge < -0.3 is 20.1 Å². The molecule has 9 heteroatoms. The van der Waals surface area contributed by atoms with Gasteiger partial charge in [-0.1, -0.05) is 36.4 Å². The molecule has 0 aliphatic carbocycles. The lowest BCUT2D eigenvalue weighted by molar-refractivity contribution is -0.384. The number of nitrogens with one attached hydrogen (secondary N) is 2. The zero-order valence-corrected chi connectivity index (χ0v) is 18.5. The molecule has 172 valence electrons. The van der Waals surface area contributed by atoms with E-state index in [-0.39, 0.29) is 5.69 Å². The molecule has 0 unspecified atom stereocenters. The average molecular weight is 442 g/mol. The Morgan fingerprint density at radius 2 is 1.84 bits per heavy atom. The molecule has 0 radical (unpaired) electrons. The summed E-state index contributed by atoms with van der Waals surface area (Å²) in [6.45, 7) is 6.59. The lowest BCUT2D eigenvalue weighted by atomic mass is 10.1. The second kappa shape index (κ2) is 12.7. The Hall–Kier alpha value is -3.01. The van der Waals surface area contributed by atoms with Crippen molar-refractivity contribution in [1.82, 2.24) is 15.5 Å². The summed E-state index contributed by atoms with van der Waals surface area (Å²) in [6, 6.07) is 14.9. The first-order valence-electron chi connectivity index (χ1n) is 10.8. The first-order valence-corrected chi connectivity index (χ1v) is 10.8. The van der Waals surface area contributed by atoms with Crippen LogP contribution in [-0.4, -0.2) is 62.3 Å². The second-order valence-corrected chi connectivity index (χ2v) is 7.52. The molecular formula is C23H31N5O4. The second-order valence-electron chi connectivity index (χ2n) is 7.52. The van der Waals surface area contributed by atoms with Crippen LogP contribution in [0.15, 0.2) is 53.5 Å². The van der Waals surface area contributed by atoms with E-state index in [1.54, 1.807) is 19.2 Å². The average Bonchev–Trinajstić information content (AvgIpc) is 2.82. The molecule has 1 fully saturated rings. The molecule has 32 heavy (non-hydrogen) atoms. The molecule has 2 aromatic carbocycles. The predicted molar refractivity (Wildman–Crippen MR) is 123 cm³/mol. The van der Waals surface area contributed by atoms with Crippen molar-refractivity contribution in [2.24, 2.45) is 4.99 Å². The number of morpholine rings is 1. The van der Waals surface area contributed by atoms with Crippen molar-refractivity contribution >= 4 is 11.6 Å². The maximum absolute atomic E-state index is 10.8. The molecule has 0 saturated carbocycles. The zero-order chi connectivity index (χ0) is 22.6. The molecule has 0 amide bonds. The molecule has 2 aromatic rings. The van der Waals surface area contributed by atoms with Gasteiger partial charge in [0, 0.05) is 52.0 Å². The molecule has 1 aliphatic heterocycles. The smallest absolute Gasteiger partial charge is 0.269 e. The van der Waals surface area contributed by atoms with Crippen molar-refractivity contribution in [3.05, 3.63) is 75.3 Å². The van der Waals surface area contributed by atoms with Gasteiger partial charge in [0.2, 0.25) is 0 Å². The summed E-state index contributed by atoms with van der Waals surface area (Å²) in [5, 5.41) is 17.5. The van der Waals surface area contributed by atoms with E-state index in [4.69, 9.17) is 9.47 Å². The lowest BCUT2D eigenvalue weighted by Gasteiger charge is -2.27. The van der Waals surface area contributed by atoms with E-state index in [0.29, 0.717) is 32.2 Å². The van der Waals surface area contributed by atoms with Crippen LogP contribution in [0, 0.1) is 10.1 Å². The maximum Gasteiger partial charge on any atom is 0.269 e. The van der Waals surface area contributed by atoms with Gasteiger partial charge in [-0.25, -0.2) is 4.99 Å². The zero-order valence-electron chi connectivity index (χ0n) is 18.5. The van der Waals surface area contributed by atoms with Gasteiger partial charge in [0.25, 0.3) is 5.69 Å². The minimum atomic E-state index is -0.402. The fourth-order valence-electron chi connectivity index (χ4n) is 3.40. The van der Waals surface area contributed by atoms with Gasteiger partial charge in [0.05, 0.1) is 31.3 Å². The number of aliphatic imine (C=N–C) groups is 1. The van der Waals surface area contributed by atoms with Crippen molar-refractivity contribution < 1.29 is 14.4 Å². The van der Waals surface area contributed by atoms with Crippen LogP contribution >= 0.6 is 0 Å². The molecule has 3 rings (SSSR count). The minimum absolute atomic E-state index is 0.0752. The highest BCUT2D eigenvalue weighted by Gasteiger charge is 2.13. The first-order chi connectivity index (χ1) is 15.7. The van der Waals surface area contributed by atoms with Crippen molar-refractivity contribution in [2.75, 3.05) is 46.6 Å². The van der Waals surface area contributed by atoms with Gasteiger partial charge in [-0.05, 0) is 16.7 Å². The summed E-state index contributed by atoms with van der Waals surface area (Å²) in [7, 11) is 1.66. The van der Waals surface area contributed by atoms with Crippen molar-refractivity contribution in [3.63, 3.8) is 0 Å². The Labute approximate surface area is 188 Å². The van der Waals surface area contributed by atoms with Gasteiger partial charge in [-0.3, -0.25) is 15.0 Å². The Kier molecular flexibility index (Phi) is 9.42. The van der Waals surface area contributed by atoms with E-state index < -0.39 is 4.92 Å². The third-order valence-corrected chi connectivity index (χ3v) is 5.23. The monoisotopic (exact) mass is 441 g/mol. The number of hydrogen-bond donors (Lipinski definition) is 2. The van der Waals surface area contributed by atoms with Crippen LogP contribution in [0.1, 0.15) is 16.7 Å². The molecule has 0 spiro atoms. The van der Waals surface area contributed by atoms with Gasteiger partial charge >= 0.3 is 0 Å². The van der Waals surface area contributed by atoms with E-state index in [1.807, 2.05) is 6.07 Å². The number of ether oxygens (including phenoxy) is 2. The van der Waals surface area contributed by atoms with E-state index in [9.17, 15) is 10.1 Å². The van der Waals surface area contributed by atoms with Crippen LogP contribution in [0.4, 0.5) is 5.69 Å². The van der Waals surface area contributed by atoms with Crippen LogP contribution in [-0.2, 0) is 29.1 Å². The quantitative estimate of drug-likeness (QED) is 0.192. The summed E-state index contributed by atoms with van der Waals surface area (Å²) in [4.78, 5) is 17.5. The minimum Gasteiger partial charge on any atom is -0.383 e. The summed E-state index contributed by atoms with van der Waals surface area (Å²) in [5.74, 6) is 0.668. The molecular weight excluding hydrogens is 410 g/mol. The fraction of sp³-hybridized carbons (Fsp3) is 0.435. The highest BCUT2D eigenvalue weighted by molar-refractivity contribution is 5.79. The summed E-state index contributed by atoms with van der Waals surface area (Å²) in [6.07, 6.45) is 0. The maximum atomic E-state index is 10.8. The largest absolute Gasteiger partial charge is 0.383 e. The third kappa shape index (κ3) is 7.60. The number of guanidine groups is 1. The number of nitro benzene ring substituents is 1. The van der Waals surface area contributed by atoms with Gasteiger partial charge in [0.15, 0.2) is 5.96 Å². The number of hydrogen-bond acceptors (Lipinski definition) is 6. The van der Waals surface area contributed by atoms with Gasteiger partial charge in [0.1, 0.15) is 0 Å². The van der Waals surface area contributed by atoms with E-state index >= 15 is 0 Å². The van der Waals surface area contributed by atoms with Gasteiger partial charge in [-0.15, -0.1) is 0 Å². The standard InChI is InChI=1S/C23H31N5O4/c1-31-13-10-24-23(25-16-19-6-8-22(9-7-19)28(29)30)26-17-20-4-2-3-5-21(20)18-27-11-14-32-15-12-27/h2-9H,10-18H2,1H3,(H2,24,25,26). The van der Waals surface area contributed by atoms with Crippen molar-refractivity contribution in [1.29, 1.82) is 0 Å². The predicted octanol–water partition coefficient (Wildman–Crippen LogP) is 2.31. The molecule has 9 nitrogen and oxygen atoms in total. The Balaban J connectivity index is 1.63. The van der Waals surface area contributed by atoms with E-state index in [1.165, 1.54) is 23.3 Å². The number of methoxy groups -OCH3 is 1. The van der Waals surface area contributed by atoms with Crippen LogP contribution in [0.3, 0.4) is 0 Å². The highest BCUT2D eigenvalue weighted by Crippen LogP contribution is 2.14. The highest BCUT2D eigenvalue weighted by atomic mass is 16.6. The van der Waals surface area contributed by atoms with Crippen LogP contribution < -0.4 is 10.6 Å². The van der Waals surface area contributed by atoms with E-state index in [2.05, 4.69) is 38.7 Å². The third-order valence-electron chi connectivity index (χ3n) is 5.23. The van der Waals surface area contributed by atoms with Crippen LogP contribution in [0.5, 0.6) is 0 Å².